The second kappa shape index (κ2) is 8.84. The molecular formula is C22H27ClN2O3. The molecule has 6 heteroatoms. The third-order valence-electron chi connectivity index (χ3n) is 5.86. The third kappa shape index (κ3) is 3.82. The smallest absolute Gasteiger partial charge is 0.227 e. The second-order valence-corrected chi connectivity index (χ2v) is 7.34. The predicted octanol–water partition coefficient (Wildman–Crippen LogP) is 3.09. The maximum absolute atomic E-state index is 13.3. The van der Waals surface area contributed by atoms with Gasteiger partial charge >= 0.3 is 0 Å². The molecule has 4 rings (SSSR count). The lowest BCUT2D eigenvalue weighted by molar-refractivity contribution is -0.132. The maximum Gasteiger partial charge on any atom is 0.227 e. The van der Waals surface area contributed by atoms with Gasteiger partial charge in [-0.25, -0.2) is 0 Å². The number of carbonyl (C=O) groups is 1. The Morgan fingerprint density at radius 2 is 1.89 bits per heavy atom. The maximum atomic E-state index is 13.3. The van der Waals surface area contributed by atoms with Crippen molar-refractivity contribution in [2.45, 2.75) is 12.5 Å². The molecule has 28 heavy (non-hydrogen) atoms. The van der Waals surface area contributed by atoms with Crippen LogP contribution in [-0.4, -0.2) is 44.7 Å². The highest BCUT2D eigenvalue weighted by molar-refractivity contribution is 5.85. The predicted molar refractivity (Wildman–Crippen MR) is 111 cm³/mol. The van der Waals surface area contributed by atoms with Crippen LogP contribution < -0.4 is 14.8 Å². The lowest BCUT2D eigenvalue weighted by Crippen LogP contribution is -2.35. The van der Waals surface area contributed by atoms with Gasteiger partial charge in [0.1, 0.15) is 11.5 Å². The largest absolute Gasteiger partial charge is 0.497 e. The number of hydrogen-bond donors (Lipinski definition) is 1. The zero-order valence-electron chi connectivity index (χ0n) is 16.3. The Labute approximate surface area is 172 Å². The van der Waals surface area contributed by atoms with Crippen molar-refractivity contribution in [1.82, 2.24) is 10.2 Å². The van der Waals surface area contributed by atoms with Crippen LogP contribution in [0, 0.1) is 11.8 Å². The van der Waals surface area contributed by atoms with Gasteiger partial charge in [-0.3, -0.25) is 4.79 Å². The average molecular weight is 403 g/mol. The van der Waals surface area contributed by atoms with Gasteiger partial charge < -0.3 is 19.7 Å². The van der Waals surface area contributed by atoms with E-state index in [9.17, 15) is 4.79 Å². The average Bonchev–Trinajstić information content (AvgIpc) is 3.30. The minimum Gasteiger partial charge on any atom is -0.497 e. The van der Waals surface area contributed by atoms with Gasteiger partial charge in [0.15, 0.2) is 0 Å². The molecule has 0 saturated carbocycles. The Morgan fingerprint density at radius 1 is 1.11 bits per heavy atom. The number of benzene rings is 2. The fraction of sp³-hybridized carbons (Fsp3) is 0.409. The van der Waals surface area contributed by atoms with Crippen molar-refractivity contribution in [3.63, 3.8) is 0 Å². The number of fused-ring (bicyclic) bond motifs is 1. The molecule has 0 aromatic heterocycles. The van der Waals surface area contributed by atoms with Gasteiger partial charge in [-0.1, -0.05) is 36.4 Å². The molecule has 0 unspecified atom stereocenters. The lowest BCUT2D eigenvalue weighted by Gasteiger charge is -2.29. The normalized spacial score (nSPS) is 23.1. The van der Waals surface area contributed by atoms with Crippen LogP contribution in [0.3, 0.4) is 0 Å². The molecule has 0 aliphatic carbocycles. The van der Waals surface area contributed by atoms with E-state index in [0.29, 0.717) is 24.0 Å². The molecule has 2 aliphatic heterocycles. The number of hydrogen-bond acceptors (Lipinski definition) is 4. The molecule has 2 heterocycles. The number of halogens is 1. The summed E-state index contributed by atoms with van der Waals surface area (Å²) < 4.78 is 10.7. The molecule has 150 valence electrons. The third-order valence-corrected chi connectivity index (χ3v) is 5.86. The highest BCUT2D eigenvalue weighted by Crippen LogP contribution is 2.43. The molecule has 5 nitrogen and oxygen atoms in total. The number of likely N-dealkylation sites (tertiary alicyclic amines) is 1. The second-order valence-electron chi connectivity index (χ2n) is 7.34. The molecule has 0 radical (unpaired) electrons. The summed E-state index contributed by atoms with van der Waals surface area (Å²) in [5, 5.41) is 3.49. The van der Waals surface area contributed by atoms with E-state index in [0.717, 1.165) is 30.9 Å². The van der Waals surface area contributed by atoms with Crippen LogP contribution in [0.25, 0.3) is 0 Å². The van der Waals surface area contributed by atoms with Crippen molar-refractivity contribution in [3.05, 3.63) is 59.7 Å². The van der Waals surface area contributed by atoms with Crippen molar-refractivity contribution in [2.24, 2.45) is 11.8 Å². The molecule has 2 saturated heterocycles. The number of amides is 1. The van der Waals surface area contributed by atoms with Gasteiger partial charge in [-0.05, 0) is 17.5 Å². The number of methoxy groups -OCH3 is 2. The summed E-state index contributed by atoms with van der Waals surface area (Å²) in [6, 6.07) is 16.2. The van der Waals surface area contributed by atoms with Crippen LogP contribution in [0.2, 0.25) is 0 Å². The molecule has 0 bridgehead atoms. The first kappa shape index (κ1) is 20.5. The molecule has 2 aromatic rings. The summed E-state index contributed by atoms with van der Waals surface area (Å²) in [4.78, 5) is 15.3. The molecule has 1 amide bonds. The van der Waals surface area contributed by atoms with Crippen LogP contribution in [0.1, 0.15) is 17.2 Å². The summed E-state index contributed by atoms with van der Waals surface area (Å²) in [7, 11) is 3.25. The van der Waals surface area contributed by atoms with Gasteiger partial charge in [0.05, 0.1) is 26.7 Å². The number of carbonyl (C=O) groups excluding carboxylic acids is 1. The van der Waals surface area contributed by atoms with Gasteiger partial charge in [0, 0.05) is 37.2 Å². The van der Waals surface area contributed by atoms with E-state index in [-0.39, 0.29) is 24.4 Å². The van der Waals surface area contributed by atoms with E-state index in [1.54, 1.807) is 14.2 Å². The standard InChI is InChI=1S/C22H26N2O3.ClH/c1-26-18-9-8-16(20(11-18)27-2)10-21(25)24-14-17-12-23-13-19(17)22(24)15-6-4-3-5-7-15;/h3-9,11,17,19,22-23H,10,12-14H2,1-2H3;1H/t17-,19-,22+;/m0./s1. The Hall–Kier alpha value is -2.24. The summed E-state index contributed by atoms with van der Waals surface area (Å²) in [6.07, 6.45) is 0.337. The van der Waals surface area contributed by atoms with E-state index in [1.165, 1.54) is 5.56 Å². The van der Waals surface area contributed by atoms with Crippen molar-refractivity contribution in [3.8, 4) is 11.5 Å². The Kier molecular flexibility index (Phi) is 6.47. The van der Waals surface area contributed by atoms with Gasteiger partial charge in [0.25, 0.3) is 0 Å². The summed E-state index contributed by atoms with van der Waals surface area (Å²) in [5.41, 5.74) is 2.12. The Balaban J connectivity index is 0.00000225. The molecule has 2 fully saturated rings. The topological polar surface area (TPSA) is 50.8 Å². The fourth-order valence-corrected chi connectivity index (χ4v) is 4.52. The quantitative estimate of drug-likeness (QED) is 0.835. The van der Waals surface area contributed by atoms with Crippen LogP contribution in [0.4, 0.5) is 0 Å². The molecule has 1 N–H and O–H groups in total. The fourth-order valence-electron chi connectivity index (χ4n) is 4.52. The zero-order chi connectivity index (χ0) is 18.8. The molecule has 2 aliphatic rings. The first-order valence-electron chi connectivity index (χ1n) is 9.47. The number of ether oxygens (including phenoxy) is 2. The molecule has 2 aromatic carbocycles. The minimum atomic E-state index is 0. The monoisotopic (exact) mass is 402 g/mol. The highest BCUT2D eigenvalue weighted by Gasteiger charge is 2.46. The number of nitrogens with one attached hydrogen (secondary N) is 1. The van der Waals surface area contributed by atoms with E-state index < -0.39 is 0 Å². The lowest BCUT2D eigenvalue weighted by atomic mass is 9.89. The number of rotatable bonds is 5. The molecule has 0 spiro atoms. The first-order valence-corrected chi connectivity index (χ1v) is 9.47. The van der Waals surface area contributed by atoms with E-state index in [2.05, 4.69) is 34.5 Å². The first-order chi connectivity index (χ1) is 13.2. The zero-order valence-corrected chi connectivity index (χ0v) is 17.1. The van der Waals surface area contributed by atoms with Crippen LogP contribution >= 0.6 is 12.4 Å². The minimum absolute atomic E-state index is 0. The van der Waals surface area contributed by atoms with Gasteiger partial charge in [-0.2, -0.15) is 0 Å². The number of nitrogens with zero attached hydrogens (tertiary/aromatic N) is 1. The van der Waals surface area contributed by atoms with Crippen molar-refractivity contribution in [2.75, 3.05) is 33.9 Å². The highest BCUT2D eigenvalue weighted by atomic mass is 35.5. The van der Waals surface area contributed by atoms with Crippen molar-refractivity contribution < 1.29 is 14.3 Å². The van der Waals surface area contributed by atoms with Crippen molar-refractivity contribution >= 4 is 18.3 Å². The van der Waals surface area contributed by atoms with E-state index in [4.69, 9.17) is 9.47 Å². The van der Waals surface area contributed by atoms with E-state index >= 15 is 0 Å². The summed E-state index contributed by atoms with van der Waals surface area (Å²) in [5.74, 6) is 2.58. The summed E-state index contributed by atoms with van der Waals surface area (Å²) >= 11 is 0. The van der Waals surface area contributed by atoms with Crippen LogP contribution in [0.15, 0.2) is 48.5 Å². The van der Waals surface area contributed by atoms with Crippen LogP contribution in [-0.2, 0) is 11.2 Å². The molecular weight excluding hydrogens is 376 g/mol. The Bertz CT molecular complexity index is 815. The van der Waals surface area contributed by atoms with Crippen LogP contribution in [0.5, 0.6) is 11.5 Å². The summed E-state index contributed by atoms with van der Waals surface area (Å²) in [6.45, 7) is 2.78. The SMILES string of the molecule is COc1ccc(CC(=O)N2C[C@@H]3CNC[C@@H]3[C@H]2c2ccccc2)c(OC)c1.Cl. The van der Waals surface area contributed by atoms with Gasteiger partial charge in [0.2, 0.25) is 5.91 Å². The van der Waals surface area contributed by atoms with E-state index in [1.807, 2.05) is 24.3 Å². The molecule has 3 atom stereocenters. The van der Waals surface area contributed by atoms with Gasteiger partial charge in [-0.15, -0.1) is 12.4 Å². The van der Waals surface area contributed by atoms with Crippen molar-refractivity contribution in [1.29, 1.82) is 0 Å². The Morgan fingerprint density at radius 3 is 2.61 bits per heavy atom.